The maximum absolute atomic E-state index is 9.94. The molecule has 3 rings (SSSR count). The molecule has 7 heteroatoms. The monoisotopic (exact) mass is 316 g/mol. The zero-order valence-corrected chi connectivity index (χ0v) is 13.9. The molecule has 2 aromatic heterocycles. The molecule has 1 saturated heterocycles. The zero-order chi connectivity index (χ0) is 16.6. The fourth-order valence-corrected chi connectivity index (χ4v) is 2.83. The highest BCUT2D eigenvalue weighted by Gasteiger charge is 2.22. The van der Waals surface area contributed by atoms with Gasteiger partial charge in [-0.1, -0.05) is 0 Å². The Kier molecular flexibility index (Phi) is 3.97. The van der Waals surface area contributed by atoms with Crippen molar-refractivity contribution in [3.8, 4) is 0 Å². The van der Waals surface area contributed by atoms with Crippen LogP contribution in [0.4, 0.5) is 17.5 Å². The minimum absolute atomic E-state index is 0.131. The topological polar surface area (TPSA) is 100 Å². The Morgan fingerprint density at radius 2 is 2.09 bits per heavy atom. The summed E-state index contributed by atoms with van der Waals surface area (Å²) in [7, 11) is 0. The van der Waals surface area contributed by atoms with Gasteiger partial charge in [-0.3, -0.25) is 0 Å². The van der Waals surface area contributed by atoms with E-state index in [1.54, 1.807) is 12.4 Å². The van der Waals surface area contributed by atoms with Crippen LogP contribution in [0.15, 0.2) is 12.4 Å². The lowest BCUT2D eigenvalue weighted by Crippen LogP contribution is -2.38. The smallest absolute Gasteiger partial charge is 0.223 e. The third-order valence-electron chi connectivity index (χ3n) is 3.86. The van der Waals surface area contributed by atoms with Gasteiger partial charge in [-0.25, -0.2) is 15.0 Å². The van der Waals surface area contributed by atoms with E-state index in [-0.39, 0.29) is 11.6 Å². The molecule has 124 valence electrons. The van der Waals surface area contributed by atoms with Crippen molar-refractivity contribution in [1.29, 1.82) is 0 Å². The Balaban J connectivity index is 2.06. The van der Waals surface area contributed by atoms with Crippen molar-refractivity contribution in [2.75, 3.05) is 29.0 Å². The lowest BCUT2D eigenvalue weighted by atomic mass is 10.1. The van der Waals surface area contributed by atoms with Crippen LogP contribution in [-0.4, -0.2) is 44.8 Å². The van der Waals surface area contributed by atoms with Gasteiger partial charge >= 0.3 is 0 Å². The molecule has 0 aromatic carbocycles. The van der Waals surface area contributed by atoms with E-state index >= 15 is 0 Å². The Morgan fingerprint density at radius 1 is 1.30 bits per heavy atom. The van der Waals surface area contributed by atoms with Gasteiger partial charge in [0.25, 0.3) is 0 Å². The molecule has 2 aromatic rings. The molecule has 1 aliphatic rings. The molecule has 23 heavy (non-hydrogen) atoms. The van der Waals surface area contributed by atoms with Crippen molar-refractivity contribution in [3.63, 3.8) is 0 Å². The highest BCUT2D eigenvalue weighted by atomic mass is 16.3. The minimum Gasteiger partial charge on any atom is -0.391 e. The van der Waals surface area contributed by atoms with Crippen molar-refractivity contribution in [1.82, 2.24) is 15.0 Å². The number of aromatic nitrogens is 3. The van der Waals surface area contributed by atoms with Gasteiger partial charge in [-0.15, -0.1) is 0 Å². The summed E-state index contributed by atoms with van der Waals surface area (Å²) in [6, 6.07) is 0. The third-order valence-corrected chi connectivity index (χ3v) is 3.86. The highest BCUT2D eigenvalue weighted by molar-refractivity contribution is 5.96. The molecule has 0 bridgehead atoms. The van der Waals surface area contributed by atoms with Crippen LogP contribution in [-0.2, 0) is 0 Å². The molecule has 0 saturated carbocycles. The Labute approximate surface area is 135 Å². The van der Waals surface area contributed by atoms with Crippen molar-refractivity contribution in [3.05, 3.63) is 12.4 Å². The van der Waals surface area contributed by atoms with Crippen molar-refractivity contribution < 1.29 is 5.11 Å². The van der Waals surface area contributed by atoms with Crippen molar-refractivity contribution in [2.45, 2.75) is 45.3 Å². The number of nitrogens with zero attached hydrogens (tertiary/aromatic N) is 4. The molecule has 0 aliphatic carbocycles. The molecule has 1 aliphatic heterocycles. The maximum atomic E-state index is 9.94. The average molecular weight is 316 g/mol. The molecule has 1 fully saturated rings. The summed E-state index contributed by atoms with van der Waals surface area (Å²) in [5, 5.41) is 14.0. The fourth-order valence-electron chi connectivity index (χ4n) is 2.83. The second kappa shape index (κ2) is 5.81. The predicted octanol–water partition coefficient (Wildman–Crippen LogP) is 1.78. The standard InChI is InChI=1S/C16H24N6O/c1-16(2,3)21-15-19-7-11-13(20-15)12(8-18-14(11)17)22-6-4-5-10(23)9-22/h7-8,10,23H,4-6,9H2,1-3H3,(H2,17,18)(H,19,20,21)/t10-/m0/s1. The van der Waals surface area contributed by atoms with Crippen LogP contribution in [0.25, 0.3) is 10.9 Å². The van der Waals surface area contributed by atoms with Gasteiger partial charge in [0, 0.05) is 24.8 Å². The molecule has 1 atom stereocenters. The molecule has 0 spiro atoms. The molecule has 0 amide bonds. The molecule has 0 unspecified atom stereocenters. The second-order valence-electron chi connectivity index (χ2n) is 7.10. The lowest BCUT2D eigenvalue weighted by molar-refractivity contribution is 0.154. The first-order valence-corrected chi connectivity index (χ1v) is 7.96. The van der Waals surface area contributed by atoms with Gasteiger partial charge in [-0.2, -0.15) is 0 Å². The normalized spacial score (nSPS) is 19.1. The molecule has 4 N–H and O–H groups in total. The number of β-amino-alcohol motifs (C(OH)–C–C–N with tert-alkyl or cyclic N) is 1. The van der Waals surface area contributed by atoms with Crippen LogP contribution < -0.4 is 16.0 Å². The van der Waals surface area contributed by atoms with Crippen molar-refractivity contribution in [2.24, 2.45) is 0 Å². The summed E-state index contributed by atoms with van der Waals surface area (Å²) in [6.07, 6.45) is 4.92. The van der Waals surface area contributed by atoms with E-state index in [0.29, 0.717) is 18.3 Å². The van der Waals surface area contributed by atoms with Crippen LogP contribution >= 0.6 is 0 Å². The van der Waals surface area contributed by atoms with Crippen LogP contribution in [0.2, 0.25) is 0 Å². The largest absolute Gasteiger partial charge is 0.391 e. The molecule has 7 nitrogen and oxygen atoms in total. The number of hydrogen-bond donors (Lipinski definition) is 3. The SMILES string of the molecule is CC(C)(C)Nc1ncc2c(N)ncc(N3CCC[C@H](O)C3)c2n1. The lowest BCUT2D eigenvalue weighted by Gasteiger charge is -2.32. The number of pyridine rings is 1. The Morgan fingerprint density at radius 3 is 2.78 bits per heavy atom. The Hall–Kier alpha value is -2.15. The summed E-state index contributed by atoms with van der Waals surface area (Å²) < 4.78 is 0. The molecular formula is C16H24N6O. The maximum Gasteiger partial charge on any atom is 0.223 e. The van der Waals surface area contributed by atoms with Gasteiger partial charge in [0.05, 0.1) is 23.4 Å². The Bertz CT molecular complexity index is 712. The summed E-state index contributed by atoms with van der Waals surface area (Å²) in [6.45, 7) is 7.65. The zero-order valence-electron chi connectivity index (χ0n) is 13.9. The number of fused-ring (bicyclic) bond motifs is 1. The van der Waals surface area contributed by atoms with Crippen LogP contribution in [0, 0.1) is 0 Å². The number of aliphatic hydroxyl groups is 1. The first kappa shape index (κ1) is 15.7. The molecule has 0 radical (unpaired) electrons. The molecular weight excluding hydrogens is 292 g/mol. The van der Waals surface area contributed by atoms with Gasteiger partial charge in [0.2, 0.25) is 5.95 Å². The highest BCUT2D eigenvalue weighted by Crippen LogP contribution is 2.30. The van der Waals surface area contributed by atoms with Crippen LogP contribution in [0.1, 0.15) is 33.6 Å². The van der Waals surface area contributed by atoms with E-state index in [2.05, 4.69) is 45.9 Å². The van der Waals surface area contributed by atoms with Gasteiger partial charge < -0.3 is 21.1 Å². The van der Waals surface area contributed by atoms with E-state index in [4.69, 9.17) is 5.73 Å². The predicted molar refractivity (Wildman–Crippen MR) is 92.6 cm³/mol. The van der Waals surface area contributed by atoms with E-state index in [1.807, 2.05) is 0 Å². The first-order valence-electron chi connectivity index (χ1n) is 7.96. The average Bonchev–Trinajstić information content (AvgIpc) is 2.46. The third kappa shape index (κ3) is 3.44. The number of hydrogen-bond acceptors (Lipinski definition) is 7. The fraction of sp³-hybridized carbons (Fsp3) is 0.562. The van der Waals surface area contributed by atoms with Gasteiger partial charge in [-0.05, 0) is 33.6 Å². The number of anilines is 3. The first-order chi connectivity index (χ1) is 10.8. The van der Waals surface area contributed by atoms with E-state index in [9.17, 15) is 5.11 Å². The second-order valence-corrected chi connectivity index (χ2v) is 7.10. The minimum atomic E-state index is -0.314. The number of piperidine rings is 1. The summed E-state index contributed by atoms with van der Waals surface area (Å²) in [5.74, 6) is 0.984. The summed E-state index contributed by atoms with van der Waals surface area (Å²) in [5.41, 5.74) is 7.52. The van der Waals surface area contributed by atoms with Crippen molar-refractivity contribution >= 4 is 28.4 Å². The van der Waals surface area contributed by atoms with Gasteiger partial charge in [0.15, 0.2) is 0 Å². The number of nitrogens with two attached hydrogens (primary N) is 1. The van der Waals surface area contributed by atoms with E-state index < -0.39 is 0 Å². The number of nitrogens with one attached hydrogen (secondary N) is 1. The number of rotatable bonds is 2. The van der Waals surface area contributed by atoms with Gasteiger partial charge in [0.1, 0.15) is 11.3 Å². The van der Waals surface area contributed by atoms with E-state index in [0.717, 1.165) is 36.0 Å². The summed E-state index contributed by atoms with van der Waals surface area (Å²) >= 11 is 0. The van der Waals surface area contributed by atoms with Crippen LogP contribution in [0.3, 0.4) is 0 Å². The van der Waals surface area contributed by atoms with Crippen LogP contribution in [0.5, 0.6) is 0 Å². The summed E-state index contributed by atoms with van der Waals surface area (Å²) in [4.78, 5) is 15.4. The van der Waals surface area contributed by atoms with E-state index in [1.165, 1.54) is 0 Å². The molecule has 3 heterocycles. The quantitative estimate of drug-likeness (QED) is 0.776. The number of aliphatic hydroxyl groups excluding tert-OH is 1. The number of nitrogen functional groups attached to an aromatic ring is 1.